The monoisotopic (exact) mass is 408 g/mol. The van der Waals surface area contributed by atoms with Gasteiger partial charge in [-0.2, -0.15) is 0 Å². The van der Waals surface area contributed by atoms with E-state index in [2.05, 4.69) is 10.6 Å². The highest BCUT2D eigenvalue weighted by atomic mass is 35.5. The zero-order valence-corrected chi connectivity index (χ0v) is 16.1. The molecule has 2 aromatic rings. The summed E-state index contributed by atoms with van der Waals surface area (Å²) in [5.41, 5.74) is 1.21. The van der Waals surface area contributed by atoms with Crippen molar-refractivity contribution in [1.29, 1.82) is 0 Å². The molecule has 0 spiro atoms. The number of hydrogen-bond donors (Lipinski definition) is 2. The summed E-state index contributed by atoms with van der Waals surface area (Å²) in [6, 6.07) is 9.80. The van der Waals surface area contributed by atoms with Crippen LogP contribution in [-0.4, -0.2) is 31.6 Å². The molecule has 0 aromatic heterocycles. The predicted octanol–water partition coefficient (Wildman–Crippen LogP) is 3.37. The fourth-order valence-corrected chi connectivity index (χ4v) is 2.90. The number of carbonyl (C=O) groups is 2. The molecule has 8 heteroatoms. The normalized spacial score (nSPS) is 13.6. The summed E-state index contributed by atoms with van der Waals surface area (Å²) in [5, 5.41) is 6.03. The standard InChI is InChI=1S/C19H18Cl2N2O4/c1-11(12-3-5-16-17(9-12)27-7-6-26-16)23-18(24)10-22-19(25)13-2-4-14(20)15(21)8-13/h2-5,8-9,11H,6-7,10H2,1H3,(H,22,25)(H,23,24)/t11-/m0/s1. The smallest absolute Gasteiger partial charge is 0.251 e. The second-order valence-electron chi connectivity index (χ2n) is 6.00. The molecule has 2 aromatic carbocycles. The highest BCUT2D eigenvalue weighted by Gasteiger charge is 2.16. The van der Waals surface area contributed by atoms with Crippen LogP contribution in [0.4, 0.5) is 0 Å². The van der Waals surface area contributed by atoms with Crippen molar-refractivity contribution in [2.24, 2.45) is 0 Å². The molecule has 0 saturated carbocycles. The minimum Gasteiger partial charge on any atom is -0.486 e. The van der Waals surface area contributed by atoms with Gasteiger partial charge in [-0.25, -0.2) is 0 Å². The lowest BCUT2D eigenvalue weighted by molar-refractivity contribution is -0.120. The maximum Gasteiger partial charge on any atom is 0.251 e. The first-order chi connectivity index (χ1) is 12.9. The number of hydrogen-bond acceptors (Lipinski definition) is 4. The third-order valence-corrected chi connectivity index (χ3v) is 4.77. The van der Waals surface area contributed by atoms with Crippen molar-refractivity contribution in [3.8, 4) is 11.5 Å². The van der Waals surface area contributed by atoms with Gasteiger partial charge in [-0.3, -0.25) is 9.59 Å². The Hall–Kier alpha value is -2.44. The summed E-state index contributed by atoms with van der Waals surface area (Å²) in [5.74, 6) is 0.631. The van der Waals surface area contributed by atoms with E-state index in [1.807, 2.05) is 25.1 Å². The number of ether oxygens (including phenoxy) is 2. The number of carbonyl (C=O) groups excluding carboxylic acids is 2. The van der Waals surface area contributed by atoms with Crippen LogP contribution in [0.2, 0.25) is 10.0 Å². The van der Waals surface area contributed by atoms with Crippen molar-refractivity contribution in [3.63, 3.8) is 0 Å². The summed E-state index contributed by atoms with van der Waals surface area (Å²) in [6.07, 6.45) is 0. The Balaban J connectivity index is 1.54. The van der Waals surface area contributed by atoms with Crippen LogP contribution in [0, 0.1) is 0 Å². The maximum atomic E-state index is 12.1. The number of fused-ring (bicyclic) bond motifs is 1. The lowest BCUT2D eigenvalue weighted by Crippen LogP contribution is -2.38. The summed E-state index contributed by atoms with van der Waals surface area (Å²) in [7, 11) is 0. The first kappa shape index (κ1) is 19.3. The molecule has 3 rings (SSSR count). The highest BCUT2D eigenvalue weighted by Crippen LogP contribution is 2.32. The molecule has 0 bridgehead atoms. The Morgan fingerprint density at radius 2 is 1.78 bits per heavy atom. The molecule has 1 heterocycles. The van der Waals surface area contributed by atoms with Gasteiger partial charge in [-0.15, -0.1) is 0 Å². The summed E-state index contributed by atoms with van der Waals surface area (Å²) >= 11 is 11.7. The highest BCUT2D eigenvalue weighted by molar-refractivity contribution is 6.42. The lowest BCUT2D eigenvalue weighted by atomic mass is 10.1. The van der Waals surface area contributed by atoms with Crippen LogP contribution in [0.5, 0.6) is 11.5 Å². The fourth-order valence-electron chi connectivity index (χ4n) is 2.61. The molecule has 6 nitrogen and oxygen atoms in total. The van der Waals surface area contributed by atoms with E-state index in [0.29, 0.717) is 35.3 Å². The van der Waals surface area contributed by atoms with Gasteiger partial charge in [-0.1, -0.05) is 29.3 Å². The van der Waals surface area contributed by atoms with Crippen LogP contribution in [0.15, 0.2) is 36.4 Å². The number of benzene rings is 2. The molecule has 0 unspecified atom stereocenters. The molecule has 2 N–H and O–H groups in total. The SMILES string of the molecule is C[C@H](NC(=O)CNC(=O)c1ccc(Cl)c(Cl)c1)c1ccc2c(c1)OCCO2. The van der Waals surface area contributed by atoms with Gasteiger partial charge in [0.25, 0.3) is 5.91 Å². The Morgan fingerprint density at radius 3 is 2.52 bits per heavy atom. The molecule has 1 aliphatic rings. The molecule has 0 aliphatic carbocycles. The van der Waals surface area contributed by atoms with E-state index in [1.165, 1.54) is 12.1 Å². The Labute approximate surface area is 166 Å². The van der Waals surface area contributed by atoms with Gasteiger partial charge in [-0.05, 0) is 42.8 Å². The topological polar surface area (TPSA) is 76.7 Å². The van der Waals surface area contributed by atoms with E-state index < -0.39 is 5.91 Å². The average molecular weight is 409 g/mol. The first-order valence-corrected chi connectivity index (χ1v) is 9.12. The molecular formula is C19H18Cl2N2O4. The van der Waals surface area contributed by atoms with E-state index >= 15 is 0 Å². The minimum absolute atomic E-state index is 0.159. The molecule has 1 atom stereocenters. The van der Waals surface area contributed by atoms with Crippen molar-refractivity contribution in [3.05, 3.63) is 57.6 Å². The van der Waals surface area contributed by atoms with E-state index in [-0.39, 0.29) is 23.5 Å². The minimum atomic E-state index is -0.407. The van der Waals surface area contributed by atoms with Gasteiger partial charge in [0.05, 0.1) is 22.6 Å². The van der Waals surface area contributed by atoms with Crippen LogP contribution >= 0.6 is 23.2 Å². The summed E-state index contributed by atoms with van der Waals surface area (Å²) < 4.78 is 11.0. The molecule has 1 aliphatic heterocycles. The van der Waals surface area contributed by atoms with Gasteiger partial charge < -0.3 is 20.1 Å². The second-order valence-corrected chi connectivity index (χ2v) is 6.82. The zero-order valence-electron chi connectivity index (χ0n) is 14.6. The Kier molecular flexibility index (Phi) is 6.08. The molecule has 2 amide bonds. The van der Waals surface area contributed by atoms with Gasteiger partial charge in [0.2, 0.25) is 5.91 Å². The molecule has 0 radical (unpaired) electrons. The van der Waals surface area contributed by atoms with Gasteiger partial charge in [0.1, 0.15) is 13.2 Å². The number of rotatable bonds is 5. The fraction of sp³-hybridized carbons (Fsp3) is 0.263. The second kappa shape index (κ2) is 8.50. The van der Waals surface area contributed by atoms with E-state index in [4.69, 9.17) is 32.7 Å². The third kappa shape index (κ3) is 4.84. The van der Waals surface area contributed by atoms with Gasteiger partial charge in [0, 0.05) is 5.56 Å². The van der Waals surface area contributed by atoms with Gasteiger partial charge >= 0.3 is 0 Å². The van der Waals surface area contributed by atoms with Crippen LogP contribution in [0.3, 0.4) is 0 Å². The lowest BCUT2D eigenvalue weighted by Gasteiger charge is -2.21. The van der Waals surface area contributed by atoms with E-state index in [9.17, 15) is 9.59 Å². The van der Waals surface area contributed by atoms with Crippen molar-refractivity contribution in [1.82, 2.24) is 10.6 Å². The van der Waals surface area contributed by atoms with Crippen LogP contribution in [0.25, 0.3) is 0 Å². The van der Waals surface area contributed by atoms with Crippen LogP contribution < -0.4 is 20.1 Å². The van der Waals surface area contributed by atoms with Crippen LogP contribution in [0.1, 0.15) is 28.9 Å². The van der Waals surface area contributed by atoms with Crippen LogP contribution in [-0.2, 0) is 4.79 Å². The van der Waals surface area contributed by atoms with E-state index in [0.717, 1.165) is 5.56 Å². The number of halogens is 2. The molecule has 27 heavy (non-hydrogen) atoms. The molecule has 142 valence electrons. The molecular weight excluding hydrogens is 391 g/mol. The summed E-state index contributed by atoms with van der Waals surface area (Å²) in [4.78, 5) is 24.2. The van der Waals surface area contributed by atoms with E-state index in [1.54, 1.807) is 6.07 Å². The molecule has 0 saturated heterocycles. The van der Waals surface area contributed by atoms with Crippen molar-refractivity contribution >= 4 is 35.0 Å². The summed E-state index contributed by atoms with van der Waals surface area (Å²) in [6.45, 7) is 2.72. The third-order valence-electron chi connectivity index (χ3n) is 4.04. The van der Waals surface area contributed by atoms with Crippen molar-refractivity contribution < 1.29 is 19.1 Å². The van der Waals surface area contributed by atoms with Crippen molar-refractivity contribution in [2.45, 2.75) is 13.0 Å². The maximum absolute atomic E-state index is 12.1. The van der Waals surface area contributed by atoms with Gasteiger partial charge in [0.15, 0.2) is 11.5 Å². The Bertz CT molecular complexity index is 873. The first-order valence-electron chi connectivity index (χ1n) is 8.36. The predicted molar refractivity (Wildman–Crippen MR) is 103 cm³/mol. The number of amides is 2. The quantitative estimate of drug-likeness (QED) is 0.794. The Morgan fingerprint density at radius 1 is 1.04 bits per heavy atom. The number of nitrogens with one attached hydrogen (secondary N) is 2. The average Bonchev–Trinajstić information content (AvgIpc) is 2.67. The zero-order chi connectivity index (χ0) is 19.4. The largest absolute Gasteiger partial charge is 0.486 e. The molecule has 0 fully saturated rings. The van der Waals surface area contributed by atoms with Crippen molar-refractivity contribution in [2.75, 3.05) is 19.8 Å².